The predicted octanol–water partition coefficient (Wildman–Crippen LogP) is 2.34. The highest BCUT2D eigenvalue weighted by atomic mass is 19.4. The Morgan fingerprint density at radius 1 is 1.23 bits per heavy atom. The van der Waals surface area contributed by atoms with Gasteiger partial charge in [0.25, 0.3) is 0 Å². The van der Waals surface area contributed by atoms with E-state index in [9.17, 15) is 13.2 Å². The molecule has 0 bridgehead atoms. The minimum atomic E-state index is -4.70. The van der Waals surface area contributed by atoms with E-state index in [1.54, 1.807) is 0 Å². The zero-order valence-electron chi connectivity index (χ0n) is 15.1. The van der Waals surface area contributed by atoms with Crippen molar-refractivity contribution >= 4 is 11.6 Å². The van der Waals surface area contributed by atoms with Crippen molar-refractivity contribution < 1.29 is 17.9 Å². The highest BCUT2D eigenvalue weighted by molar-refractivity contribution is 5.92. The molecule has 1 heterocycles. The van der Waals surface area contributed by atoms with Crippen LogP contribution in [0.3, 0.4) is 0 Å². The lowest BCUT2D eigenvalue weighted by atomic mass is 10.2. The molecule has 1 unspecified atom stereocenters. The molecule has 0 aliphatic carbocycles. The molecule has 0 spiro atoms. The molecule has 146 valence electrons. The average Bonchev–Trinajstić information content (AvgIpc) is 2.60. The second kappa shape index (κ2) is 9.09. The fourth-order valence-corrected chi connectivity index (χ4v) is 2.79. The number of anilines is 1. The van der Waals surface area contributed by atoms with Gasteiger partial charge in [0, 0.05) is 37.9 Å². The van der Waals surface area contributed by atoms with E-state index in [1.165, 1.54) is 24.3 Å². The van der Waals surface area contributed by atoms with E-state index in [1.807, 2.05) is 0 Å². The number of nitrogens with zero attached hydrogens (tertiary/aromatic N) is 3. The number of likely N-dealkylation sites (N-methyl/N-ethyl adjacent to an activating group) is 1. The molecule has 1 aromatic rings. The lowest BCUT2D eigenvalue weighted by Gasteiger charge is -2.37. The Morgan fingerprint density at radius 2 is 1.85 bits per heavy atom. The van der Waals surface area contributed by atoms with E-state index in [0.717, 1.165) is 32.7 Å². The zero-order valence-corrected chi connectivity index (χ0v) is 15.1. The number of rotatable bonds is 6. The van der Waals surface area contributed by atoms with E-state index in [2.05, 4.69) is 38.7 Å². The molecule has 1 atom stereocenters. The van der Waals surface area contributed by atoms with Gasteiger partial charge in [-0.2, -0.15) is 0 Å². The van der Waals surface area contributed by atoms with Gasteiger partial charge < -0.3 is 20.7 Å². The number of benzene rings is 1. The summed E-state index contributed by atoms with van der Waals surface area (Å²) < 4.78 is 40.2. The second-order valence-electron chi connectivity index (χ2n) is 6.24. The van der Waals surface area contributed by atoms with Crippen LogP contribution in [0, 0.1) is 0 Å². The third-order valence-corrected chi connectivity index (χ3v) is 4.36. The topological polar surface area (TPSA) is 66.1 Å². The largest absolute Gasteiger partial charge is 0.573 e. The lowest BCUT2D eigenvalue weighted by molar-refractivity contribution is -0.274. The van der Waals surface area contributed by atoms with Crippen molar-refractivity contribution in [2.24, 2.45) is 10.7 Å². The van der Waals surface area contributed by atoms with Crippen LogP contribution >= 0.6 is 0 Å². The van der Waals surface area contributed by atoms with Crippen molar-refractivity contribution in [2.75, 3.05) is 44.6 Å². The first-order chi connectivity index (χ1) is 12.3. The maximum Gasteiger partial charge on any atom is 0.573 e. The van der Waals surface area contributed by atoms with Crippen molar-refractivity contribution in [3.05, 3.63) is 24.3 Å². The van der Waals surface area contributed by atoms with Gasteiger partial charge in [-0.05, 0) is 37.7 Å². The maximum atomic E-state index is 12.1. The molecule has 1 aromatic carbocycles. The standard InChI is InChI=1S/C17H26F3N5O/c1-3-24-8-10-25(11-9-24)13(2)12-22-16(21)23-14-4-6-15(7-5-14)26-17(18,19)20/h4-7,13H,3,8-12H2,1-2H3,(H3,21,22,23). The molecule has 1 aliphatic heterocycles. The van der Waals surface area contributed by atoms with Crippen LogP contribution in [0.1, 0.15) is 13.8 Å². The molecule has 3 N–H and O–H groups in total. The van der Waals surface area contributed by atoms with E-state index in [-0.39, 0.29) is 17.8 Å². The number of aliphatic imine (C=N–C) groups is 1. The number of nitrogens with one attached hydrogen (secondary N) is 1. The Labute approximate surface area is 151 Å². The monoisotopic (exact) mass is 373 g/mol. The predicted molar refractivity (Wildman–Crippen MR) is 96.4 cm³/mol. The van der Waals surface area contributed by atoms with Gasteiger partial charge in [0.15, 0.2) is 5.96 Å². The first-order valence-electron chi connectivity index (χ1n) is 8.66. The maximum absolute atomic E-state index is 12.1. The number of nitrogens with two attached hydrogens (primary N) is 1. The van der Waals surface area contributed by atoms with Crippen LogP contribution in [0.25, 0.3) is 0 Å². The molecule has 6 nitrogen and oxygen atoms in total. The molecular formula is C17H26F3N5O. The molecular weight excluding hydrogens is 347 g/mol. The first kappa shape index (κ1) is 20.3. The Morgan fingerprint density at radius 3 is 2.38 bits per heavy atom. The molecule has 2 rings (SSSR count). The number of piperazine rings is 1. The van der Waals surface area contributed by atoms with Gasteiger partial charge in [0.1, 0.15) is 5.75 Å². The first-order valence-corrected chi connectivity index (χ1v) is 8.66. The molecule has 1 saturated heterocycles. The van der Waals surface area contributed by atoms with E-state index >= 15 is 0 Å². The van der Waals surface area contributed by atoms with Crippen molar-refractivity contribution in [3.8, 4) is 5.75 Å². The van der Waals surface area contributed by atoms with Crippen LogP contribution in [0.2, 0.25) is 0 Å². The molecule has 0 saturated carbocycles. The fraction of sp³-hybridized carbons (Fsp3) is 0.588. The van der Waals surface area contributed by atoms with Gasteiger partial charge in [-0.1, -0.05) is 6.92 Å². The highest BCUT2D eigenvalue weighted by Crippen LogP contribution is 2.23. The van der Waals surface area contributed by atoms with Crippen molar-refractivity contribution in [1.29, 1.82) is 0 Å². The molecule has 26 heavy (non-hydrogen) atoms. The summed E-state index contributed by atoms with van der Waals surface area (Å²) in [5.74, 6) is -0.0491. The smallest absolute Gasteiger partial charge is 0.406 e. The SMILES string of the molecule is CCN1CCN(C(C)CN=C(N)Nc2ccc(OC(F)(F)F)cc2)CC1. The number of guanidine groups is 1. The van der Waals surface area contributed by atoms with Crippen molar-refractivity contribution in [1.82, 2.24) is 9.80 Å². The third kappa shape index (κ3) is 6.72. The van der Waals surface area contributed by atoms with Gasteiger partial charge in [0.2, 0.25) is 0 Å². The normalized spacial score (nSPS) is 18.6. The average molecular weight is 373 g/mol. The van der Waals surface area contributed by atoms with E-state index in [4.69, 9.17) is 5.73 Å². The Balaban J connectivity index is 1.80. The Kier molecular flexibility index (Phi) is 7.10. The van der Waals surface area contributed by atoms with Gasteiger partial charge in [0.05, 0.1) is 6.54 Å². The number of hydrogen-bond acceptors (Lipinski definition) is 4. The summed E-state index contributed by atoms with van der Waals surface area (Å²) in [4.78, 5) is 9.12. The van der Waals surface area contributed by atoms with Crippen LogP contribution in [-0.2, 0) is 0 Å². The van der Waals surface area contributed by atoms with E-state index in [0.29, 0.717) is 12.2 Å². The van der Waals surface area contributed by atoms with Crippen LogP contribution in [0.15, 0.2) is 29.3 Å². The highest BCUT2D eigenvalue weighted by Gasteiger charge is 2.30. The van der Waals surface area contributed by atoms with Gasteiger partial charge >= 0.3 is 6.36 Å². The number of hydrogen-bond donors (Lipinski definition) is 2. The van der Waals surface area contributed by atoms with E-state index < -0.39 is 6.36 Å². The van der Waals surface area contributed by atoms with Crippen LogP contribution < -0.4 is 15.8 Å². The second-order valence-corrected chi connectivity index (χ2v) is 6.24. The summed E-state index contributed by atoms with van der Waals surface area (Å²) in [5, 5.41) is 2.87. The molecule has 0 radical (unpaired) electrons. The summed E-state index contributed by atoms with van der Waals surface area (Å²) in [6.07, 6.45) is -4.70. The quantitative estimate of drug-likeness (QED) is 0.592. The minimum Gasteiger partial charge on any atom is -0.406 e. The van der Waals surface area contributed by atoms with Gasteiger partial charge in [-0.3, -0.25) is 9.89 Å². The van der Waals surface area contributed by atoms with Crippen molar-refractivity contribution in [2.45, 2.75) is 26.3 Å². The summed E-state index contributed by atoms with van der Waals surface area (Å²) in [6, 6.07) is 5.63. The van der Waals surface area contributed by atoms with Crippen LogP contribution in [-0.4, -0.2) is 67.4 Å². The molecule has 1 aliphatic rings. The van der Waals surface area contributed by atoms with Gasteiger partial charge in [-0.15, -0.1) is 13.2 Å². The van der Waals surface area contributed by atoms with Crippen LogP contribution in [0.4, 0.5) is 18.9 Å². The Bertz CT molecular complexity index is 583. The summed E-state index contributed by atoms with van der Waals surface area (Å²) >= 11 is 0. The fourth-order valence-electron chi connectivity index (χ4n) is 2.79. The summed E-state index contributed by atoms with van der Waals surface area (Å²) in [5.41, 5.74) is 6.41. The van der Waals surface area contributed by atoms with Crippen LogP contribution in [0.5, 0.6) is 5.75 Å². The molecule has 0 amide bonds. The molecule has 0 aromatic heterocycles. The lowest BCUT2D eigenvalue weighted by Crippen LogP contribution is -2.50. The number of halogens is 3. The molecule has 9 heteroatoms. The van der Waals surface area contributed by atoms with Crippen molar-refractivity contribution in [3.63, 3.8) is 0 Å². The number of ether oxygens (including phenoxy) is 1. The third-order valence-electron chi connectivity index (χ3n) is 4.36. The Hall–Kier alpha value is -2.00. The summed E-state index contributed by atoms with van der Waals surface area (Å²) in [6.45, 7) is 10.1. The summed E-state index contributed by atoms with van der Waals surface area (Å²) in [7, 11) is 0. The zero-order chi connectivity index (χ0) is 19.2. The minimum absolute atomic E-state index is 0.230. The number of alkyl halides is 3. The van der Waals surface area contributed by atoms with Gasteiger partial charge in [-0.25, -0.2) is 0 Å². The molecule has 1 fully saturated rings.